The molecule has 0 aromatic heterocycles. The second kappa shape index (κ2) is 8.23. The Morgan fingerprint density at radius 3 is 2.68 bits per heavy atom. The molecule has 2 atom stereocenters. The number of rotatable bonds is 8. The van der Waals surface area contributed by atoms with Gasteiger partial charge in [0.15, 0.2) is 0 Å². The van der Waals surface area contributed by atoms with Gasteiger partial charge in [-0.25, -0.2) is 0 Å². The standard InChI is InChI=1S/C16H32N2O/c1-2-3-8-18-12-15(7-9-19)10-16(13-18)17-11-14-5-4-6-14/h14-17,19H,2-13H2,1H3. The van der Waals surface area contributed by atoms with Crippen LogP contribution in [0.5, 0.6) is 0 Å². The van der Waals surface area contributed by atoms with Gasteiger partial charge >= 0.3 is 0 Å². The normalized spacial score (nSPS) is 29.4. The van der Waals surface area contributed by atoms with Gasteiger partial charge in [-0.05, 0) is 57.0 Å². The monoisotopic (exact) mass is 268 g/mol. The van der Waals surface area contributed by atoms with Crippen molar-refractivity contribution in [2.45, 2.75) is 57.9 Å². The lowest BCUT2D eigenvalue weighted by molar-refractivity contribution is 0.115. The highest BCUT2D eigenvalue weighted by molar-refractivity contribution is 4.85. The summed E-state index contributed by atoms with van der Waals surface area (Å²) in [4.78, 5) is 2.62. The first-order chi connectivity index (χ1) is 9.31. The molecule has 1 aliphatic carbocycles. The van der Waals surface area contributed by atoms with Gasteiger partial charge in [-0.2, -0.15) is 0 Å². The van der Waals surface area contributed by atoms with Gasteiger partial charge in [0.1, 0.15) is 0 Å². The summed E-state index contributed by atoms with van der Waals surface area (Å²) in [5.74, 6) is 1.64. The van der Waals surface area contributed by atoms with Crippen LogP contribution < -0.4 is 5.32 Å². The molecule has 2 aliphatic rings. The van der Waals surface area contributed by atoms with Crippen LogP contribution in [0.3, 0.4) is 0 Å². The van der Waals surface area contributed by atoms with Crippen LogP contribution in [0, 0.1) is 11.8 Å². The minimum Gasteiger partial charge on any atom is -0.396 e. The van der Waals surface area contributed by atoms with Crippen LogP contribution >= 0.6 is 0 Å². The fourth-order valence-corrected chi connectivity index (χ4v) is 3.44. The molecule has 1 heterocycles. The molecule has 2 N–H and O–H groups in total. The third kappa shape index (κ3) is 5.05. The zero-order chi connectivity index (χ0) is 13.5. The summed E-state index contributed by atoms with van der Waals surface area (Å²) in [6.07, 6.45) is 9.12. The van der Waals surface area contributed by atoms with E-state index in [4.69, 9.17) is 0 Å². The molecule has 3 nitrogen and oxygen atoms in total. The Morgan fingerprint density at radius 1 is 1.21 bits per heavy atom. The number of nitrogens with one attached hydrogen (secondary N) is 1. The summed E-state index contributed by atoms with van der Waals surface area (Å²) in [5, 5.41) is 13.0. The van der Waals surface area contributed by atoms with Gasteiger partial charge in [-0.15, -0.1) is 0 Å². The molecule has 19 heavy (non-hydrogen) atoms. The van der Waals surface area contributed by atoms with Crippen molar-refractivity contribution in [3.63, 3.8) is 0 Å². The van der Waals surface area contributed by atoms with Crippen LogP contribution in [-0.4, -0.2) is 48.8 Å². The van der Waals surface area contributed by atoms with E-state index in [1.165, 1.54) is 64.7 Å². The summed E-state index contributed by atoms with van der Waals surface area (Å²) in [5.41, 5.74) is 0. The van der Waals surface area contributed by atoms with E-state index >= 15 is 0 Å². The third-order valence-electron chi connectivity index (χ3n) is 4.90. The zero-order valence-electron chi connectivity index (χ0n) is 12.6. The molecule has 0 radical (unpaired) electrons. The first-order valence-corrected chi connectivity index (χ1v) is 8.38. The maximum Gasteiger partial charge on any atom is 0.0434 e. The van der Waals surface area contributed by atoms with Gasteiger partial charge < -0.3 is 15.3 Å². The predicted octanol–water partition coefficient (Wildman–Crippen LogP) is 2.25. The summed E-state index contributed by atoms with van der Waals surface area (Å²) in [7, 11) is 0. The van der Waals surface area contributed by atoms with Crippen molar-refractivity contribution < 1.29 is 5.11 Å². The largest absolute Gasteiger partial charge is 0.396 e. The van der Waals surface area contributed by atoms with E-state index in [-0.39, 0.29) is 0 Å². The molecule has 2 fully saturated rings. The number of aliphatic hydroxyl groups excluding tert-OH is 1. The van der Waals surface area contributed by atoms with Crippen molar-refractivity contribution in [1.29, 1.82) is 0 Å². The molecule has 0 bridgehead atoms. The van der Waals surface area contributed by atoms with Crippen molar-refractivity contribution in [1.82, 2.24) is 10.2 Å². The highest BCUT2D eigenvalue weighted by Crippen LogP contribution is 2.26. The van der Waals surface area contributed by atoms with E-state index in [9.17, 15) is 5.11 Å². The van der Waals surface area contributed by atoms with Crippen LogP contribution in [0.2, 0.25) is 0 Å². The van der Waals surface area contributed by atoms with Gasteiger partial charge in [0, 0.05) is 25.7 Å². The molecule has 2 rings (SSSR count). The minimum atomic E-state index is 0.349. The lowest BCUT2D eigenvalue weighted by Gasteiger charge is -2.39. The fraction of sp³-hybridized carbons (Fsp3) is 1.00. The minimum absolute atomic E-state index is 0.349. The van der Waals surface area contributed by atoms with Crippen molar-refractivity contribution in [2.24, 2.45) is 11.8 Å². The second-order valence-corrected chi connectivity index (χ2v) is 6.63. The van der Waals surface area contributed by atoms with Crippen LogP contribution in [0.4, 0.5) is 0 Å². The summed E-state index contributed by atoms with van der Waals surface area (Å²) >= 11 is 0. The smallest absolute Gasteiger partial charge is 0.0434 e. The Balaban J connectivity index is 1.75. The molecular weight excluding hydrogens is 236 g/mol. The maximum absolute atomic E-state index is 9.19. The van der Waals surface area contributed by atoms with Crippen molar-refractivity contribution in [3.8, 4) is 0 Å². The van der Waals surface area contributed by atoms with Gasteiger partial charge in [0.25, 0.3) is 0 Å². The number of hydrogen-bond donors (Lipinski definition) is 2. The number of aliphatic hydroxyl groups is 1. The molecule has 0 spiro atoms. The number of unbranched alkanes of at least 4 members (excludes halogenated alkanes) is 1. The Labute approximate surface area is 118 Å². The third-order valence-corrected chi connectivity index (χ3v) is 4.90. The summed E-state index contributed by atoms with van der Waals surface area (Å²) in [6, 6.07) is 0.655. The quantitative estimate of drug-likeness (QED) is 0.709. The molecule has 0 amide bonds. The fourth-order valence-electron chi connectivity index (χ4n) is 3.44. The van der Waals surface area contributed by atoms with Crippen LogP contribution in [0.15, 0.2) is 0 Å². The van der Waals surface area contributed by atoms with E-state index < -0.39 is 0 Å². The summed E-state index contributed by atoms with van der Waals surface area (Å²) < 4.78 is 0. The molecule has 1 saturated carbocycles. The first-order valence-electron chi connectivity index (χ1n) is 8.38. The van der Waals surface area contributed by atoms with Crippen molar-refractivity contribution in [2.75, 3.05) is 32.8 Å². The van der Waals surface area contributed by atoms with Crippen molar-refractivity contribution >= 4 is 0 Å². The van der Waals surface area contributed by atoms with Crippen molar-refractivity contribution in [3.05, 3.63) is 0 Å². The zero-order valence-corrected chi connectivity index (χ0v) is 12.6. The second-order valence-electron chi connectivity index (χ2n) is 6.63. The van der Waals surface area contributed by atoms with Gasteiger partial charge in [0.2, 0.25) is 0 Å². The van der Waals surface area contributed by atoms with E-state index in [1.807, 2.05) is 0 Å². The first kappa shape index (κ1) is 15.3. The Bertz CT molecular complexity index is 243. The topological polar surface area (TPSA) is 35.5 Å². The Hall–Kier alpha value is -0.120. The molecule has 112 valence electrons. The molecule has 0 aromatic carbocycles. The van der Waals surface area contributed by atoms with Gasteiger partial charge in [0.05, 0.1) is 0 Å². The average molecular weight is 268 g/mol. The number of likely N-dealkylation sites (tertiary alicyclic amines) is 1. The SMILES string of the molecule is CCCCN1CC(CCO)CC(NCC2CCC2)C1. The molecule has 2 unspecified atom stereocenters. The number of hydrogen-bond acceptors (Lipinski definition) is 3. The van der Waals surface area contributed by atoms with E-state index in [2.05, 4.69) is 17.1 Å². The van der Waals surface area contributed by atoms with Crippen LogP contribution in [0.25, 0.3) is 0 Å². The lowest BCUT2D eigenvalue weighted by atomic mass is 9.84. The van der Waals surface area contributed by atoms with Gasteiger partial charge in [-0.1, -0.05) is 19.8 Å². The maximum atomic E-state index is 9.19. The summed E-state index contributed by atoms with van der Waals surface area (Å²) in [6.45, 7) is 7.48. The molecule has 0 aromatic rings. The predicted molar refractivity (Wildman–Crippen MR) is 80.3 cm³/mol. The average Bonchev–Trinajstić information content (AvgIpc) is 2.35. The number of nitrogens with zero attached hydrogens (tertiary/aromatic N) is 1. The highest BCUT2D eigenvalue weighted by atomic mass is 16.3. The highest BCUT2D eigenvalue weighted by Gasteiger charge is 2.27. The van der Waals surface area contributed by atoms with E-state index in [0.29, 0.717) is 18.6 Å². The molecule has 1 aliphatic heterocycles. The molecule has 1 saturated heterocycles. The Morgan fingerprint density at radius 2 is 2.05 bits per heavy atom. The van der Waals surface area contributed by atoms with Crippen LogP contribution in [0.1, 0.15) is 51.9 Å². The lowest BCUT2D eigenvalue weighted by Crippen LogP contribution is -2.50. The van der Waals surface area contributed by atoms with E-state index in [1.54, 1.807) is 0 Å². The Kier molecular flexibility index (Phi) is 6.62. The van der Waals surface area contributed by atoms with Gasteiger partial charge in [-0.3, -0.25) is 0 Å². The molecular formula is C16H32N2O. The van der Waals surface area contributed by atoms with E-state index in [0.717, 1.165) is 12.3 Å². The molecule has 3 heteroatoms. The number of piperidine rings is 1. The van der Waals surface area contributed by atoms with Crippen LogP contribution in [-0.2, 0) is 0 Å².